The lowest BCUT2D eigenvalue weighted by molar-refractivity contribution is 0.0522. The molecule has 0 spiro atoms. The SMILES string of the molecule is CCOC(=O)c1c(N)cc(Cl)cc1F. The van der Waals surface area contributed by atoms with Crippen molar-refractivity contribution in [2.24, 2.45) is 0 Å². The van der Waals surface area contributed by atoms with Crippen molar-refractivity contribution in [3.8, 4) is 0 Å². The predicted molar refractivity (Wildman–Crippen MR) is 51.8 cm³/mol. The minimum atomic E-state index is -0.779. The van der Waals surface area contributed by atoms with Crippen LogP contribution in [0.2, 0.25) is 5.02 Å². The van der Waals surface area contributed by atoms with Gasteiger partial charge in [-0.3, -0.25) is 0 Å². The number of benzene rings is 1. The Balaban J connectivity index is 3.14. The minimum Gasteiger partial charge on any atom is -0.462 e. The summed E-state index contributed by atoms with van der Waals surface area (Å²) in [5.74, 6) is -1.55. The Hall–Kier alpha value is -1.29. The van der Waals surface area contributed by atoms with Gasteiger partial charge in [-0.05, 0) is 19.1 Å². The van der Waals surface area contributed by atoms with Crippen LogP contribution in [0.25, 0.3) is 0 Å². The summed E-state index contributed by atoms with van der Waals surface area (Å²) < 4.78 is 17.8. The van der Waals surface area contributed by atoms with Crippen LogP contribution in [-0.2, 0) is 4.74 Å². The first-order valence-corrected chi connectivity index (χ1v) is 4.35. The Morgan fingerprint density at radius 1 is 1.64 bits per heavy atom. The second-order valence-electron chi connectivity index (χ2n) is 2.57. The molecule has 0 fully saturated rings. The molecule has 0 aliphatic rings. The van der Waals surface area contributed by atoms with Gasteiger partial charge < -0.3 is 10.5 Å². The summed E-state index contributed by atoms with van der Waals surface area (Å²) in [6.45, 7) is 1.79. The maximum Gasteiger partial charge on any atom is 0.343 e. The van der Waals surface area contributed by atoms with Crippen molar-refractivity contribution in [3.05, 3.63) is 28.5 Å². The zero-order valence-corrected chi connectivity index (χ0v) is 8.27. The minimum absolute atomic E-state index is 0.0200. The monoisotopic (exact) mass is 217 g/mol. The second kappa shape index (κ2) is 4.28. The van der Waals surface area contributed by atoms with E-state index in [-0.39, 0.29) is 22.9 Å². The summed E-state index contributed by atoms with van der Waals surface area (Å²) in [4.78, 5) is 11.2. The quantitative estimate of drug-likeness (QED) is 0.611. The van der Waals surface area contributed by atoms with Crippen molar-refractivity contribution in [1.82, 2.24) is 0 Å². The molecule has 0 aliphatic heterocycles. The maximum absolute atomic E-state index is 13.2. The lowest BCUT2D eigenvalue weighted by Crippen LogP contribution is -2.10. The summed E-state index contributed by atoms with van der Waals surface area (Å²) in [6.07, 6.45) is 0. The van der Waals surface area contributed by atoms with Crippen LogP contribution in [0.15, 0.2) is 12.1 Å². The predicted octanol–water partition coefficient (Wildman–Crippen LogP) is 2.24. The van der Waals surface area contributed by atoms with Crippen molar-refractivity contribution >= 4 is 23.3 Å². The number of carbonyl (C=O) groups is 1. The molecule has 0 saturated heterocycles. The third-order valence-corrected chi connectivity index (χ3v) is 1.78. The first-order chi connectivity index (χ1) is 6.56. The second-order valence-corrected chi connectivity index (χ2v) is 3.01. The number of nitrogen functional groups attached to an aromatic ring is 1. The highest BCUT2D eigenvalue weighted by molar-refractivity contribution is 6.31. The Morgan fingerprint density at radius 3 is 2.79 bits per heavy atom. The molecule has 2 N–H and O–H groups in total. The first kappa shape index (κ1) is 10.8. The molecule has 5 heteroatoms. The Morgan fingerprint density at radius 2 is 2.29 bits per heavy atom. The van der Waals surface area contributed by atoms with Crippen molar-refractivity contribution in [2.45, 2.75) is 6.92 Å². The number of nitrogens with two attached hydrogens (primary N) is 1. The van der Waals surface area contributed by atoms with E-state index in [2.05, 4.69) is 4.74 Å². The van der Waals surface area contributed by atoms with Crippen LogP contribution in [-0.4, -0.2) is 12.6 Å². The van der Waals surface area contributed by atoms with Crippen molar-refractivity contribution in [3.63, 3.8) is 0 Å². The van der Waals surface area contributed by atoms with Crippen molar-refractivity contribution in [2.75, 3.05) is 12.3 Å². The maximum atomic E-state index is 13.2. The van der Waals surface area contributed by atoms with Crippen molar-refractivity contribution in [1.29, 1.82) is 0 Å². The standard InChI is InChI=1S/C9H9ClFNO2/c1-2-14-9(13)8-6(11)3-5(10)4-7(8)12/h3-4H,2,12H2,1H3. The highest BCUT2D eigenvalue weighted by Gasteiger charge is 2.17. The topological polar surface area (TPSA) is 52.3 Å². The van der Waals surface area contributed by atoms with E-state index in [9.17, 15) is 9.18 Å². The Kier molecular flexibility index (Phi) is 3.30. The van der Waals surface area contributed by atoms with Gasteiger partial charge in [0.25, 0.3) is 0 Å². The molecule has 1 aromatic rings. The van der Waals surface area contributed by atoms with E-state index in [0.717, 1.165) is 6.07 Å². The van der Waals surface area contributed by atoms with E-state index in [1.807, 2.05) is 0 Å². The van der Waals surface area contributed by atoms with E-state index in [4.69, 9.17) is 17.3 Å². The van der Waals surface area contributed by atoms with Gasteiger partial charge in [0.15, 0.2) is 0 Å². The van der Waals surface area contributed by atoms with Gasteiger partial charge in [0.05, 0.1) is 12.3 Å². The summed E-state index contributed by atoms with van der Waals surface area (Å²) in [6, 6.07) is 2.32. The third kappa shape index (κ3) is 2.14. The fourth-order valence-corrected chi connectivity index (χ4v) is 1.23. The molecule has 1 aromatic carbocycles. The summed E-state index contributed by atoms with van der Waals surface area (Å²) in [5, 5.41) is 0.146. The molecule has 0 saturated carbocycles. The van der Waals surface area contributed by atoms with Gasteiger partial charge in [-0.2, -0.15) is 0 Å². The fraction of sp³-hybridized carbons (Fsp3) is 0.222. The van der Waals surface area contributed by atoms with Crippen LogP contribution in [0, 0.1) is 5.82 Å². The molecule has 0 aliphatic carbocycles. The Bertz CT molecular complexity index is 345. The molecular weight excluding hydrogens is 209 g/mol. The van der Waals surface area contributed by atoms with Crippen LogP contribution < -0.4 is 5.73 Å². The number of ether oxygens (including phenoxy) is 1. The van der Waals surface area contributed by atoms with Gasteiger partial charge in [0, 0.05) is 5.02 Å². The highest BCUT2D eigenvalue weighted by atomic mass is 35.5. The number of hydrogen-bond donors (Lipinski definition) is 1. The summed E-state index contributed by atoms with van der Waals surface area (Å²) in [7, 11) is 0. The lowest BCUT2D eigenvalue weighted by Gasteiger charge is -2.06. The molecule has 0 atom stereocenters. The average molecular weight is 218 g/mol. The van der Waals surface area contributed by atoms with Gasteiger partial charge in [0.2, 0.25) is 0 Å². The number of esters is 1. The number of carbonyl (C=O) groups excluding carboxylic acids is 1. The Labute approximate surface area is 85.6 Å². The zero-order valence-electron chi connectivity index (χ0n) is 7.51. The third-order valence-electron chi connectivity index (χ3n) is 1.57. The fourth-order valence-electron chi connectivity index (χ4n) is 1.01. The van der Waals surface area contributed by atoms with Gasteiger partial charge in [-0.25, -0.2) is 9.18 Å². The first-order valence-electron chi connectivity index (χ1n) is 3.98. The van der Waals surface area contributed by atoms with E-state index < -0.39 is 11.8 Å². The van der Waals surface area contributed by atoms with Crippen molar-refractivity contribution < 1.29 is 13.9 Å². The van der Waals surface area contributed by atoms with Gasteiger partial charge in [-0.1, -0.05) is 11.6 Å². The van der Waals surface area contributed by atoms with Crippen LogP contribution in [0.1, 0.15) is 17.3 Å². The molecule has 0 heterocycles. The molecule has 3 nitrogen and oxygen atoms in total. The number of anilines is 1. The largest absolute Gasteiger partial charge is 0.462 e. The van der Waals surface area contributed by atoms with Gasteiger partial charge in [0.1, 0.15) is 11.4 Å². The van der Waals surface area contributed by atoms with E-state index in [1.165, 1.54) is 6.07 Å². The molecular formula is C9H9ClFNO2. The molecule has 76 valence electrons. The molecule has 0 radical (unpaired) electrons. The van der Waals surface area contributed by atoms with E-state index >= 15 is 0 Å². The lowest BCUT2D eigenvalue weighted by atomic mass is 10.1. The average Bonchev–Trinajstić information content (AvgIpc) is 2.01. The molecule has 0 bridgehead atoms. The van der Waals surface area contributed by atoms with Crippen LogP contribution in [0.4, 0.5) is 10.1 Å². The number of hydrogen-bond acceptors (Lipinski definition) is 3. The molecule has 0 unspecified atom stereocenters. The van der Waals surface area contributed by atoms with Crippen LogP contribution in [0.3, 0.4) is 0 Å². The smallest absolute Gasteiger partial charge is 0.343 e. The highest BCUT2D eigenvalue weighted by Crippen LogP contribution is 2.22. The number of halogens is 2. The zero-order chi connectivity index (χ0) is 10.7. The summed E-state index contributed by atoms with van der Waals surface area (Å²) in [5.41, 5.74) is 5.14. The molecule has 0 amide bonds. The number of rotatable bonds is 2. The molecule has 14 heavy (non-hydrogen) atoms. The normalized spacial score (nSPS) is 9.93. The van der Waals surface area contributed by atoms with Gasteiger partial charge in [-0.15, -0.1) is 0 Å². The summed E-state index contributed by atoms with van der Waals surface area (Å²) >= 11 is 5.53. The molecule has 0 aromatic heterocycles. The van der Waals surface area contributed by atoms with Crippen LogP contribution in [0.5, 0.6) is 0 Å². The van der Waals surface area contributed by atoms with Crippen LogP contribution >= 0.6 is 11.6 Å². The van der Waals surface area contributed by atoms with E-state index in [1.54, 1.807) is 6.92 Å². The molecule has 1 rings (SSSR count). The van der Waals surface area contributed by atoms with E-state index in [0.29, 0.717) is 0 Å². The van der Waals surface area contributed by atoms with Gasteiger partial charge >= 0.3 is 5.97 Å².